The molecule has 1 aromatic carbocycles. The zero-order valence-electron chi connectivity index (χ0n) is 9.08. The fourth-order valence-corrected chi connectivity index (χ4v) is 0.977. The van der Waals surface area contributed by atoms with Crippen LogP contribution in [0.3, 0.4) is 0 Å². The largest absolute Gasteiger partial charge is 0.623 e. The summed E-state index contributed by atoms with van der Waals surface area (Å²) in [5.74, 6) is -1.51. The van der Waals surface area contributed by atoms with Gasteiger partial charge in [-0.3, -0.25) is 0 Å². The highest BCUT2D eigenvalue weighted by atomic mass is 19.1. The summed E-state index contributed by atoms with van der Waals surface area (Å²) in [4.78, 5) is 0. The van der Waals surface area contributed by atoms with E-state index in [1.54, 1.807) is 0 Å². The van der Waals surface area contributed by atoms with Gasteiger partial charge >= 0.3 is 0 Å². The third-order valence-electron chi connectivity index (χ3n) is 2.20. The zero-order valence-corrected chi connectivity index (χ0v) is 9.08. The molecular weight excluding hydrogens is 216 g/mol. The molecule has 0 aromatic heterocycles. The second kappa shape index (κ2) is 4.57. The highest BCUT2D eigenvalue weighted by Gasteiger charge is 2.25. The van der Waals surface area contributed by atoms with E-state index < -0.39 is 17.2 Å². The minimum Gasteiger partial charge on any atom is -0.623 e. The Balaban J connectivity index is 3.08. The lowest BCUT2D eigenvalue weighted by Gasteiger charge is -2.21. The van der Waals surface area contributed by atoms with E-state index in [-0.39, 0.29) is 12.2 Å². The number of aliphatic hydroxyl groups excluding tert-OH is 1. The second-order valence-electron chi connectivity index (χ2n) is 4.09. The van der Waals surface area contributed by atoms with Crippen molar-refractivity contribution in [1.29, 1.82) is 0 Å². The first kappa shape index (κ1) is 12.6. The Morgan fingerprint density at radius 1 is 1.44 bits per heavy atom. The van der Waals surface area contributed by atoms with Crippen molar-refractivity contribution in [3.05, 3.63) is 40.6 Å². The van der Waals surface area contributed by atoms with Gasteiger partial charge in [-0.1, -0.05) is 0 Å². The van der Waals surface area contributed by atoms with Gasteiger partial charge in [-0.05, 0) is 12.1 Å². The number of halogens is 2. The van der Waals surface area contributed by atoms with Gasteiger partial charge < -0.3 is 10.3 Å². The molecule has 0 amide bonds. The molecule has 0 bridgehead atoms. The molecular formula is C11H13F2NO2. The van der Waals surface area contributed by atoms with Crippen LogP contribution < -0.4 is 0 Å². The average molecular weight is 229 g/mol. The highest BCUT2D eigenvalue weighted by Crippen LogP contribution is 2.10. The van der Waals surface area contributed by atoms with Crippen molar-refractivity contribution >= 4 is 6.21 Å². The van der Waals surface area contributed by atoms with E-state index in [1.807, 2.05) is 0 Å². The number of hydrogen-bond donors (Lipinski definition) is 1. The van der Waals surface area contributed by atoms with Crippen LogP contribution in [0, 0.1) is 16.8 Å². The molecule has 0 saturated heterocycles. The number of rotatable bonds is 3. The molecule has 0 aliphatic carbocycles. The molecule has 0 spiro atoms. The van der Waals surface area contributed by atoms with Crippen molar-refractivity contribution in [3.8, 4) is 0 Å². The van der Waals surface area contributed by atoms with Crippen molar-refractivity contribution in [2.75, 3.05) is 6.61 Å². The van der Waals surface area contributed by atoms with Gasteiger partial charge in [-0.15, -0.1) is 0 Å². The summed E-state index contributed by atoms with van der Waals surface area (Å²) in [6, 6.07) is 2.93. The van der Waals surface area contributed by atoms with Crippen LogP contribution in [0.5, 0.6) is 0 Å². The quantitative estimate of drug-likeness (QED) is 0.371. The molecule has 88 valence electrons. The number of hydroxylamine groups is 1. The van der Waals surface area contributed by atoms with Gasteiger partial charge in [0.05, 0.1) is 5.56 Å². The topological polar surface area (TPSA) is 46.3 Å². The lowest BCUT2D eigenvalue weighted by molar-refractivity contribution is -0.539. The summed E-state index contributed by atoms with van der Waals surface area (Å²) in [6.07, 6.45) is 0.991. The Hall–Kier alpha value is -1.49. The van der Waals surface area contributed by atoms with E-state index >= 15 is 0 Å². The molecule has 5 heteroatoms. The molecule has 0 heterocycles. The lowest BCUT2D eigenvalue weighted by Crippen LogP contribution is -2.37. The van der Waals surface area contributed by atoms with Crippen molar-refractivity contribution in [2.24, 2.45) is 0 Å². The number of benzene rings is 1. The van der Waals surface area contributed by atoms with E-state index in [0.29, 0.717) is 10.8 Å². The molecule has 0 radical (unpaired) electrons. The molecule has 0 fully saturated rings. The first-order valence-corrected chi connectivity index (χ1v) is 4.74. The molecule has 0 unspecified atom stereocenters. The molecule has 0 aliphatic rings. The maximum Gasteiger partial charge on any atom is 0.190 e. The van der Waals surface area contributed by atoms with Gasteiger partial charge in [0.25, 0.3) is 0 Å². The number of aliphatic hydroxyl groups is 1. The molecule has 3 nitrogen and oxygen atoms in total. The summed E-state index contributed by atoms with van der Waals surface area (Å²) >= 11 is 0. The molecule has 1 aromatic rings. The van der Waals surface area contributed by atoms with E-state index in [4.69, 9.17) is 5.11 Å². The fraction of sp³-hybridized carbons (Fsp3) is 0.364. The summed E-state index contributed by atoms with van der Waals surface area (Å²) in [6.45, 7) is 2.66. The monoisotopic (exact) mass is 229 g/mol. The highest BCUT2D eigenvalue weighted by molar-refractivity contribution is 5.76. The van der Waals surface area contributed by atoms with Gasteiger partial charge in [-0.2, -0.15) is 0 Å². The van der Waals surface area contributed by atoms with Gasteiger partial charge in [0.15, 0.2) is 11.8 Å². The minimum absolute atomic E-state index is 0.0158. The Labute approximate surface area is 92.2 Å². The second-order valence-corrected chi connectivity index (χ2v) is 4.09. The third-order valence-corrected chi connectivity index (χ3v) is 2.20. The molecule has 16 heavy (non-hydrogen) atoms. The Morgan fingerprint density at radius 2 is 2.06 bits per heavy atom. The van der Waals surface area contributed by atoms with E-state index in [2.05, 4.69) is 0 Å². The Kier molecular flexibility index (Phi) is 3.59. The van der Waals surface area contributed by atoms with E-state index in [0.717, 1.165) is 12.3 Å². The van der Waals surface area contributed by atoms with E-state index in [1.165, 1.54) is 19.9 Å². The van der Waals surface area contributed by atoms with Crippen LogP contribution in [0.4, 0.5) is 8.78 Å². The summed E-state index contributed by atoms with van der Waals surface area (Å²) in [7, 11) is 0. The van der Waals surface area contributed by atoms with Crippen LogP contribution in [0.25, 0.3) is 0 Å². The Bertz CT molecular complexity index is 416. The zero-order chi connectivity index (χ0) is 12.3. The maximum absolute atomic E-state index is 13.2. The van der Waals surface area contributed by atoms with Crippen LogP contribution in [0.2, 0.25) is 0 Å². The van der Waals surface area contributed by atoms with Crippen molar-refractivity contribution in [3.63, 3.8) is 0 Å². The third kappa shape index (κ3) is 2.76. The van der Waals surface area contributed by atoms with E-state index in [9.17, 15) is 14.0 Å². The van der Waals surface area contributed by atoms with Crippen LogP contribution >= 0.6 is 0 Å². The average Bonchev–Trinajstić information content (AvgIpc) is 2.22. The first-order valence-electron chi connectivity index (χ1n) is 4.74. The SMILES string of the molecule is CC(C)(CO)/[N+]([O-])=C/c1ccc(F)cc1F. The fourth-order valence-electron chi connectivity index (χ4n) is 0.977. The van der Waals surface area contributed by atoms with Crippen molar-refractivity contribution < 1.29 is 18.6 Å². The van der Waals surface area contributed by atoms with Crippen LogP contribution in [-0.4, -0.2) is 28.2 Å². The Morgan fingerprint density at radius 3 is 2.56 bits per heavy atom. The van der Waals surface area contributed by atoms with Gasteiger partial charge in [-0.25, -0.2) is 13.5 Å². The molecule has 0 saturated carbocycles. The molecule has 1 rings (SSSR count). The molecule has 0 aliphatic heterocycles. The molecule has 0 atom stereocenters. The van der Waals surface area contributed by atoms with Crippen molar-refractivity contribution in [2.45, 2.75) is 19.4 Å². The summed E-state index contributed by atoms with van der Waals surface area (Å²) < 4.78 is 26.3. The smallest absolute Gasteiger partial charge is 0.190 e. The molecule has 1 N–H and O–H groups in total. The summed E-state index contributed by atoms with van der Waals surface area (Å²) in [5, 5.41) is 20.5. The maximum atomic E-state index is 13.2. The predicted octanol–water partition coefficient (Wildman–Crippen LogP) is 1.66. The van der Waals surface area contributed by atoms with Gasteiger partial charge in [0.1, 0.15) is 18.2 Å². The van der Waals surface area contributed by atoms with Gasteiger partial charge in [0.2, 0.25) is 0 Å². The van der Waals surface area contributed by atoms with Gasteiger partial charge in [0, 0.05) is 19.9 Å². The van der Waals surface area contributed by atoms with Crippen LogP contribution in [-0.2, 0) is 0 Å². The van der Waals surface area contributed by atoms with Crippen molar-refractivity contribution in [1.82, 2.24) is 0 Å². The number of nitrogens with zero attached hydrogens (tertiary/aromatic N) is 1. The number of hydrogen-bond acceptors (Lipinski definition) is 2. The van der Waals surface area contributed by atoms with Crippen LogP contribution in [0.1, 0.15) is 19.4 Å². The summed E-state index contributed by atoms with van der Waals surface area (Å²) in [5.41, 5.74) is -1.06. The first-order chi connectivity index (χ1) is 7.36. The minimum atomic E-state index is -1.04. The van der Waals surface area contributed by atoms with Crippen LogP contribution in [0.15, 0.2) is 18.2 Å². The normalized spacial score (nSPS) is 12.9. The predicted molar refractivity (Wildman–Crippen MR) is 56.3 cm³/mol. The lowest BCUT2D eigenvalue weighted by atomic mass is 10.1. The standard InChI is InChI=1S/C11H13F2NO2/c1-11(2,7-15)14(16)6-8-3-4-9(12)5-10(8)13/h3-6,15H,7H2,1-2H3/b14-6-.